The minimum atomic E-state index is -5.61. The van der Waals surface area contributed by atoms with Crippen molar-refractivity contribution in [3.63, 3.8) is 0 Å². The highest BCUT2D eigenvalue weighted by Gasteiger charge is 2.67. The highest BCUT2D eigenvalue weighted by molar-refractivity contribution is 5.73. The molecule has 0 radical (unpaired) electrons. The molecule has 3 N–H and O–H groups in total. The van der Waals surface area contributed by atoms with Crippen molar-refractivity contribution >= 4 is 5.97 Å². The highest BCUT2D eigenvalue weighted by Crippen LogP contribution is 2.52. The summed E-state index contributed by atoms with van der Waals surface area (Å²) in [7, 11) is 0. The lowest BCUT2D eigenvalue weighted by atomic mass is 9.82. The van der Waals surface area contributed by atoms with Crippen LogP contribution in [-0.4, -0.2) is 29.5 Å². The van der Waals surface area contributed by atoms with E-state index in [-0.39, 0.29) is 6.92 Å². The predicted molar refractivity (Wildman–Crippen MR) is 40.4 cm³/mol. The summed E-state index contributed by atoms with van der Waals surface area (Å²) in [5.74, 6) is -1.92. The van der Waals surface area contributed by atoms with E-state index in [0.29, 0.717) is 0 Å². The smallest absolute Gasteiger partial charge is 0.402 e. The van der Waals surface area contributed by atoms with Crippen molar-refractivity contribution in [2.75, 3.05) is 0 Å². The topological polar surface area (TPSA) is 63.3 Å². The number of alkyl halides is 6. The molecule has 0 aliphatic rings. The molecule has 16 heavy (non-hydrogen) atoms. The number of hydrogen-bond acceptors (Lipinski definition) is 2. The number of rotatable bonds is 3. The van der Waals surface area contributed by atoms with Gasteiger partial charge >= 0.3 is 18.3 Å². The Kier molecular flexibility index (Phi) is 3.86. The molecule has 0 rings (SSSR count). The van der Waals surface area contributed by atoms with Gasteiger partial charge in [-0.25, -0.2) is 0 Å². The fourth-order valence-electron chi connectivity index (χ4n) is 0.919. The van der Waals surface area contributed by atoms with E-state index in [0.717, 1.165) is 0 Å². The second kappa shape index (κ2) is 4.11. The van der Waals surface area contributed by atoms with E-state index in [9.17, 15) is 31.1 Å². The fraction of sp³-hybridized carbons (Fsp3) is 0.857. The zero-order valence-electron chi connectivity index (χ0n) is 7.99. The largest absolute Gasteiger partial charge is 0.480 e. The lowest BCUT2D eigenvalue weighted by Gasteiger charge is -2.34. The van der Waals surface area contributed by atoms with Gasteiger partial charge in [0.05, 0.1) is 0 Å². The first-order valence-electron chi connectivity index (χ1n) is 3.95. The van der Waals surface area contributed by atoms with E-state index in [4.69, 9.17) is 10.8 Å². The molecule has 0 saturated heterocycles. The van der Waals surface area contributed by atoms with Crippen LogP contribution < -0.4 is 5.73 Å². The lowest BCUT2D eigenvalue weighted by Crippen LogP contribution is -2.52. The van der Waals surface area contributed by atoms with Crippen LogP contribution in [0.15, 0.2) is 0 Å². The molecule has 0 aromatic rings. The van der Waals surface area contributed by atoms with E-state index in [1.807, 2.05) is 0 Å². The summed E-state index contributed by atoms with van der Waals surface area (Å²) < 4.78 is 73.5. The number of hydrogen-bond donors (Lipinski definition) is 2. The van der Waals surface area contributed by atoms with Crippen LogP contribution in [0.4, 0.5) is 26.3 Å². The maximum Gasteiger partial charge on any atom is 0.402 e. The molecule has 0 unspecified atom stereocenters. The van der Waals surface area contributed by atoms with Crippen molar-refractivity contribution in [1.29, 1.82) is 0 Å². The standard InChI is InChI=1S/C7H9F6NO2/c1-5(6(8,9)10,7(11,12)13)2-3(14)4(15)16/h3H,2,14H2,1H3,(H,15,16)/t3-/m0/s1. The first-order valence-corrected chi connectivity index (χ1v) is 3.95. The minimum Gasteiger partial charge on any atom is -0.480 e. The number of halogens is 6. The quantitative estimate of drug-likeness (QED) is 0.755. The predicted octanol–water partition coefficient (Wildman–Crippen LogP) is 1.92. The SMILES string of the molecule is CC(C[C@H](N)C(=O)O)(C(F)(F)F)C(F)(F)F. The van der Waals surface area contributed by atoms with E-state index in [1.165, 1.54) is 0 Å². The van der Waals surface area contributed by atoms with Crippen molar-refractivity contribution in [1.82, 2.24) is 0 Å². The van der Waals surface area contributed by atoms with Crippen molar-refractivity contribution in [2.45, 2.75) is 31.7 Å². The van der Waals surface area contributed by atoms with E-state index < -0.39 is 36.2 Å². The zero-order valence-corrected chi connectivity index (χ0v) is 7.99. The molecule has 0 fully saturated rings. The summed E-state index contributed by atoms with van der Waals surface area (Å²) >= 11 is 0. The van der Waals surface area contributed by atoms with Gasteiger partial charge in [0.25, 0.3) is 0 Å². The molecule has 0 aliphatic heterocycles. The first-order chi connectivity index (χ1) is 6.83. The normalized spacial score (nSPS) is 16.0. The van der Waals surface area contributed by atoms with E-state index >= 15 is 0 Å². The summed E-state index contributed by atoms with van der Waals surface area (Å²) in [6, 6.07) is -2.23. The molecular formula is C7H9F6NO2. The van der Waals surface area contributed by atoms with Gasteiger partial charge in [-0.2, -0.15) is 26.3 Å². The van der Waals surface area contributed by atoms with Gasteiger partial charge < -0.3 is 10.8 Å². The van der Waals surface area contributed by atoms with Gasteiger partial charge in [-0.3, -0.25) is 4.79 Å². The van der Waals surface area contributed by atoms with Crippen molar-refractivity contribution in [3.05, 3.63) is 0 Å². The van der Waals surface area contributed by atoms with Crippen molar-refractivity contribution in [3.8, 4) is 0 Å². The average Bonchev–Trinajstić information content (AvgIpc) is 1.99. The number of carboxylic acids is 1. The molecule has 96 valence electrons. The Hall–Kier alpha value is -0.990. The van der Waals surface area contributed by atoms with Crippen molar-refractivity contribution in [2.24, 2.45) is 11.1 Å². The van der Waals surface area contributed by atoms with Crippen LogP contribution in [0.3, 0.4) is 0 Å². The number of aliphatic carboxylic acids is 1. The Morgan fingerprint density at radius 2 is 1.50 bits per heavy atom. The van der Waals surface area contributed by atoms with Gasteiger partial charge in [-0.05, 0) is 13.3 Å². The summed E-state index contributed by atoms with van der Waals surface area (Å²) in [6.45, 7) is -0.115. The van der Waals surface area contributed by atoms with E-state index in [1.54, 1.807) is 0 Å². The Morgan fingerprint density at radius 1 is 1.19 bits per heavy atom. The van der Waals surface area contributed by atoms with Crippen LogP contribution >= 0.6 is 0 Å². The van der Waals surface area contributed by atoms with Crippen LogP contribution in [0.25, 0.3) is 0 Å². The van der Waals surface area contributed by atoms with Gasteiger partial charge in [0.15, 0.2) is 5.41 Å². The molecule has 0 spiro atoms. The average molecular weight is 253 g/mol. The first kappa shape index (κ1) is 15.0. The molecule has 9 heteroatoms. The van der Waals surface area contributed by atoms with Crippen LogP contribution in [-0.2, 0) is 4.79 Å². The third-order valence-corrected chi connectivity index (χ3v) is 2.20. The van der Waals surface area contributed by atoms with E-state index in [2.05, 4.69) is 0 Å². The number of carbonyl (C=O) groups is 1. The van der Waals surface area contributed by atoms with Gasteiger partial charge in [0, 0.05) is 0 Å². The third-order valence-electron chi connectivity index (χ3n) is 2.20. The van der Waals surface area contributed by atoms with Gasteiger partial charge in [0.2, 0.25) is 0 Å². The van der Waals surface area contributed by atoms with Gasteiger partial charge in [-0.1, -0.05) is 0 Å². The molecule has 0 saturated carbocycles. The molecule has 0 aliphatic carbocycles. The maximum absolute atomic E-state index is 12.3. The molecule has 0 heterocycles. The summed E-state index contributed by atoms with van der Waals surface area (Å²) in [6.07, 6.45) is -13.0. The Bertz CT molecular complexity index is 257. The Labute approximate surface area is 86.2 Å². The Balaban J connectivity index is 5.21. The number of nitrogens with two attached hydrogens (primary N) is 1. The third kappa shape index (κ3) is 2.77. The molecule has 1 atom stereocenters. The summed E-state index contributed by atoms with van der Waals surface area (Å²) in [4.78, 5) is 10.2. The molecule has 0 amide bonds. The second-order valence-corrected chi connectivity index (χ2v) is 3.48. The number of carboxylic acid groups (broad SMARTS) is 1. The van der Waals surface area contributed by atoms with Gasteiger partial charge in [-0.15, -0.1) is 0 Å². The van der Waals surface area contributed by atoms with Crippen LogP contribution in [0, 0.1) is 5.41 Å². The molecule has 0 bridgehead atoms. The summed E-state index contributed by atoms with van der Waals surface area (Å²) in [5, 5.41) is 8.22. The monoisotopic (exact) mass is 253 g/mol. The second-order valence-electron chi connectivity index (χ2n) is 3.48. The molecule has 0 aromatic heterocycles. The lowest BCUT2D eigenvalue weighted by molar-refractivity contribution is -0.337. The van der Waals surface area contributed by atoms with Gasteiger partial charge in [0.1, 0.15) is 6.04 Å². The fourth-order valence-corrected chi connectivity index (χ4v) is 0.919. The van der Waals surface area contributed by atoms with Crippen LogP contribution in [0.5, 0.6) is 0 Å². The zero-order chi connectivity index (χ0) is 13.4. The van der Waals surface area contributed by atoms with Crippen molar-refractivity contribution < 1.29 is 36.2 Å². The Morgan fingerprint density at radius 3 is 1.69 bits per heavy atom. The van der Waals surface area contributed by atoms with Crippen LogP contribution in [0.2, 0.25) is 0 Å². The molecule has 3 nitrogen and oxygen atoms in total. The molecule has 0 aromatic carbocycles. The minimum absolute atomic E-state index is 0.115. The summed E-state index contributed by atoms with van der Waals surface area (Å²) in [5.41, 5.74) is 0.569. The highest BCUT2D eigenvalue weighted by atomic mass is 19.4. The maximum atomic E-state index is 12.3. The van der Waals surface area contributed by atoms with Crippen LogP contribution in [0.1, 0.15) is 13.3 Å². The molecular weight excluding hydrogens is 244 g/mol.